The van der Waals surface area contributed by atoms with Crippen molar-refractivity contribution in [3.05, 3.63) is 35.4 Å². The van der Waals surface area contributed by atoms with Gasteiger partial charge in [-0.3, -0.25) is 4.79 Å². The van der Waals surface area contributed by atoms with Crippen molar-refractivity contribution in [3.63, 3.8) is 0 Å². The van der Waals surface area contributed by atoms with Gasteiger partial charge in [-0.05, 0) is 30.4 Å². The number of amides is 1. The summed E-state index contributed by atoms with van der Waals surface area (Å²) in [4.78, 5) is 12.1. The number of nitrogens with two attached hydrogens (primary N) is 1. The Morgan fingerprint density at radius 2 is 2.00 bits per heavy atom. The van der Waals surface area contributed by atoms with Crippen molar-refractivity contribution in [2.45, 2.75) is 32.2 Å². The lowest BCUT2D eigenvalue weighted by Crippen LogP contribution is -2.42. The zero-order chi connectivity index (χ0) is 12.3. The highest BCUT2D eigenvalue weighted by molar-refractivity contribution is 5.80. The number of rotatable bonds is 4. The standard InChI is InChI=1S/C14H20N2O/c1-2-13(9-15)16-14(17)12-7-10-5-3-4-6-11(10)8-12/h3-6,12-13H,2,7-9,15H2,1H3,(H,16,17). The molecule has 0 radical (unpaired) electrons. The number of carbonyl (C=O) groups excluding carboxylic acids is 1. The van der Waals surface area contributed by atoms with E-state index in [4.69, 9.17) is 5.73 Å². The van der Waals surface area contributed by atoms with E-state index in [1.165, 1.54) is 11.1 Å². The van der Waals surface area contributed by atoms with Crippen LogP contribution >= 0.6 is 0 Å². The molecule has 0 heterocycles. The van der Waals surface area contributed by atoms with Crippen molar-refractivity contribution in [1.82, 2.24) is 5.32 Å². The van der Waals surface area contributed by atoms with E-state index in [1.807, 2.05) is 19.1 Å². The van der Waals surface area contributed by atoms with E-state index in [0.717, 1.165) is 19.3 Å². The molecule has 2 rings (SSSR count). The molecule has 0 aliphatic heterocycles. The van der Waals surface area contributed by atoms with Crippen molar-refractivity contribution in [3.8, 4) is 0 Å². The largest absolute Gasteiger partial charge is 0.352 e. The Morgan fingerprint density at radius 1 is 1.41 bits per heavy atom. The van der Waals surface area contributed by atoms with Gasteiger partial charge in [0.15, 0.2) is 0 Å². The molecule has 0 saturated carbocycles. The summed E-state index contributed by atoms with van der Waals surface area (Å²) in [7, 11) is 0. The molecule has 1 amide bonds. The summed E-state index contributed by atoms with van der Waals surface area (Å²) in [5, 5.41) is 3.03. The number of hydrogen-bond acceptors (Lipinski definition) is 2. The Labute approximate surface area is 102 Å². The number of hydrogen-bond donors (Lipinski definition) is 2. The van der Waals surface area contributed by atoms with Gasteiger partial charge in [-0.15, -0.1) is 0 Å². The monoisotopic (exact) mass is 232 g/mol. The van der Waals surface area contributed by atoms with Gasteiger partial charge >= 0.3 is 0 Å². The highest BCUT2D eigenvalue weighted by Gasteiger charge is 2.27. The molecule has 0 fully saturated rings. The maximum absolute atomic E-state index is 12.1. The summed E-state index contributed by atoms with van der Waals surface area (Å²) in [5.41, 5.74) is 8.23. The molecule has 1 aromatic rings. The fourth-order valence-electron chi connectivity index (χ4n) is 2.39. The second kappa shape index (κ2) is 5.32. The number of fused-ring (bicyclic) bond motifs is 1. The Balaban J connectivity index is 1.96. The lowest BCUT2D eigenvalue weighted by Gasteiger charge is -2.17. The molecule has 0 spiro atoms. The van der Waals surface area contributed by atoms with Gasteiger partial charge in [0.05, 0.1) is 0 Å². The molecule has 3 N–H and O–H groups in total. The van der Waals surface area contributed by atoms with Crippen LogP contribution in [0.25, 0.3) is 0 Å². The predicted octanol–water partition coefficient (Wildman–Crippen LogP) is 1.25. The van der Waals surface area contributed by atoms with E-state index in [2.05, 4.69) is 17.4 Å². The summed E-state index contributed by atoms with van der Waals surface area (Å²) in [6.07, 6.45) is 2.62. The van der Waals surface area contributed by atoms with Gasteiger partial charge in [0.2, 0.25) is 5.91 Å². The number of nitrogens with one attached hydrogen (secondary N) is 1. The van der Waals surface area contributed by atoms with E-state index in [1.54, 1.807) is 0 Å². The smallest absolute Gasteiger partial charge is 0.224 e. The first-order valence-corrected chi connectivity index (χ1v) is 6.31. The molecule has 1 atom stereocenters. The van der Waals surface area contributed by atoms with Gasteiger partial charge in [0, 0.05) is 18.5 Å². The van der Waals surface area contributed by atoms with Gasteiger partial charge in [0.25, 0.3) is 0 Å². The van der Waals surface area contributed by atoms with Crippen LogP contribution in [0.4, 0.5) is 0 Å². The third kappa shape index (κ3) is 2.67. The summed E-state index contributed by atoms with van der Waals surface area (Å²) in [6, 6.07) is 8.42. The predicted molar refractivity (Wildman–Crippen MR) is 68.6 cm³/mol. The fourth-order valence-corrected chi connectivity index (χ4v) is 2.39. The molecule has 0 saturated heterocycles. The Hall–Kier alpha value is -1.35. The van der Waals surface area contributed by atoms with E-state index >= 15 is 0 Å². The number of benzene rings is 1. The average Bonchev–Trinajstić information content (AvgIpc) is 2.79. The molecule has 3 nitrogen and oxygen atoms in total. The van der Waals surface area contributed by atoms with Crippen molar-refractivity contribution in [1.29, 1.82) is 0 Å². The van der Waals surface area contributed by atoms with Crippen LogP contribution in [0.5, 0.6) is 0 Å². The highest BCUT2D eigenvalue weighted by Crippen LogP contribution is 2.26. The normalized spacial score (nSPS) is 16.6. The van der Waals surface area contributed by atoms with Crippen molar-refractivity contribution < 1.29 is 4.79 Å². The average molecular weight is 232 g/mol. The van der Waals surface area contributed by atoms with Crippen LogP contribution < -0.4 is 11.1 Å². The first-order valence-electron chi connectivity index (χ1n) is 6.31. The second-order valence-corrected chi connectivity index (χ2v) is 4.72. The van der Waals surface area contributed by atoms with Crippen molar-refractivity contribution in [2.24, 2.45) is 11.7 Å². The third-order valence-corrected chi connectivity index (χ3v) is 3.55. The fraction of sp³-hybridized carbons (Fsp3) is 0.500. The minimum absolute atomic E-state index is 0.0907. The molecule has 1 aliphatic rings. The summed E-state index contributed by atoms with van der Waals surface area (Å²) in [5.74, 6) is 0.242. The summed E-state index contributed by atoms with van der Waals surface area (Å²) in [6.45, 7) is 2.56. The van der Waals surface area contributed by atoms with Crippen LogP contribution in [0.2, 0.25) is 0 Å². The highest BCUT2D eigenvalue weighted by atomic mass is 16.1. The van der Waals surface area contributed by atoms with Crippen molar-refractivity contribution in [2.75, 3.05) is 6.54 Å². The SMILES string of the molecule is CCC(CN)NC(=O)C1Cc2ccccc2C1. The maximum atomic E-state index is 12.1. The lowest BCUT2D eigenvalue weighted by atomic mass is 10.0. The molecule has 1 aliphatic carbocycles. The molecule has 17 heavy (non-hydrogen) atoms. The van der Waals surface area contributed by atoms with E-state index in [0.29, 0.717) is 6.54 Å². The first-order chi connectivity index (χ1) is 8.24. The Morgan fingerprint density at radius 3 is 2.47 bits per heavy atom. The molecule has 0 bridgehead atoms. The Bertz CT molecular complexity index is 374. The Kier molecular flexibility index (Phi) is 3.79. The maximum Gasteiger partial charge on any atom is 0.224 e. The second-order valence-electron chi connectivity index (χ2n) is 4.72. The van der Waals surface area contributed by atoms with Crippen LogP contribution in [0, 0.1) is 5.92 Å². The minimum Gasteiger partial charge on any atom is -0.352 e. The van der Waals surface area contributed by atoms with Crippen LogP contribution in [-0.2, 0) is 17.6 Å². The zero-order valence-corrected chi connectivity index (χ0v) is 10.3. The van der Waals surface area contributed by atoms with Gasteiger partial charge < -0.3 is 11.1 Å². The van der Waals surface area contributed by atoms with Gasteiger partial charge in [-0.1, -0.05) is 31.2 Å². The van der Waals surface area contributed by atoms with Crippen LogP contribution in [0.1, 0.15) is 24.5 Å². The lowest BCUT2D eigenvalue weighted by molar-refractivity contribution is -0.125. The first kappa shape index (κ1) is 12.1. The van der Waals surface area contributed by atoms with E-state index in [-0.39, 0.29) is 17.9 Å². The van der Waals surface area contributed by atoms with Gasteiger partial charge in [0.1, 0.15) is 0 Å². The topological polar surface area (TPSA) is 55.1 Å². The molecule has 1 aromatic carbocycles. The quantitative estimate of drug-likeness (QED) is 0.821. The van der Waals surface area contributed by atoms with Crippen LogP contribution in [0.3, 0.4) is 0 Å². The zero-order valence-electron chi connectivity index (χ0n) is 10.3. The summed E-state index contributed by atoms with van der Waals surface area (Å²) < 4.78 is 0. The molecule has 1 unspecified atom stereocenters. The van der Waals surface area contributed by atoms with E-state index < -0.39 is 0 Å². The van der Waals surface area contributed by atoms with Crippen molar-refractivity contribution >= 4 is 5.91 Å². The number of carbonyl (C=O) groups is 1. The molecular formula is C14H20N2O. The third-order valence-electron chi connectivity index (χ3n) is 3.55. The van der Waals surface area contributed by atoms with Crippen LogP contribution in [0.15, 0.2) is 24.3 Å². The van der Waals surface area contributed by atoms with Gasteiger partial charge in [-0.2, -0.15) is 0 Å². The molecule has 92 valence electrons. The molecule has 0 aromatic heterocycles. The summed E-state index contributed by atoms with van der Waals surface area (Å²) >= 11 is 0. The molecule has 3 heteroatoms. The molecular weight excluding hydrogens is 212 g/mol. The van der Waals surface area contributed by atoms with Crippen LogP contribution in [-0.4, -0.2) is 18.5 Å². The van der Waals surface area contributed by atoms with E-state index in [9.17, 15) is 4.79 Å². The minimum atomic E-state index is 0.0907. The van der Waals surface area contributed by atoms with Gasteiger partial charge in [-0.25, -0.2) is 0 Å².